The van der Waals surface area contributed by atoms with E-state index in [4.69, 9.17) is 0 Å². The molecule has 2 aromatic heterocycles. The van der Waals surface area contributed by atoms with Gasteiger partial charge in [0.2, 0.25) is 0 Å². The van der Waals surface area contributed by atoms with Gasteiger partial charge in [0.25, 0.3) is 5.91 Å². The number of nitrogens with one attached hydrogen (secondary N) is 1. The first-order chi connectivity index (χ1) is 13.7. The summed E-state index contributed by atoms with van der Waals surface area (Å²) in [6.07, 6.45) is 6.80. The molecule has 1 aliphatic carbocycles. The Labute approximate surface area is 172 Å². The van der Waals surface area contributed by atoms with Gasteiger partial charge >= 0.3 is 0 Å². The number of piperidine rings is 3. The summed E-state index contributed by atoms with van der Waals surface area (Å²) >= 11 is 3.27. The quantitative estimate of drug-likeness (QED) is 0.683. The molecule has 5 heterocycles. The standard InChI is InChI=1S/C22H23N3OS2/c1-13-2-3-15-12-16(28-18(15)17(13)21-23-8-11-27-21)20(26)24-19-14-4-9-25(10-5-14)22(19)6-7-22/h2-3,8,11-12,14,19H,4-7,9-10H2,1H3,(H,24,26). The summed E-state index contributed by atoms with van der Waals surface area (Å²) in [5.74, 6) is 0.757. The lowest BCUT2D eigenvalue weighted by Gasteiger charge is -2.52. The minimum absolute atomic E-state index is 0.106. The molecule has 7 rings (SSSR count). The van der Waals surface area contributed by atoms with Crippen molar-refractivity contribution >= 4 is 38.7 Å². The lowest BCUT2D eigenvalue weighted by molar-refractivity contribution is -0.00138. The number of benzene rings is 1. The molecular weight excluding hydrogens is 386 g/mol. The number of aryl methyl sites for hydroxylation is 1. The Morgan fingerprint density at radius 1 is 1.29 bits per heavy atom. The molecule has 1 aromatic carbocycles. The van der Waals surface area contributed by atoms with E-state index in [0.717, 1.165) is 15.3 Å². The van der Waals surface area contributed by atoms with Crippen LogP contribution in [-0.2, 0) is 0 Å². The summed E-state index contributed by atoms with van der Waals surface area (Å²) in [6.45, 7) is 4.56. The molecule has 3 aromatic rings. The van der Waals surface area contributed by atoms with Crippen LogP contribution in [0.5, 0.6) is 0 Å². The van der Waals surface area contributed by atoms with Crippen LogP contribution in [0.1, 0.15) is 40.9 Å². The van der Waals surface area contributed by atoms with E-state index < -0.39 is 0 Å². The maximum absolute atomic E-state index is 13.2. The number of hydrogen-bond acceptors (Lipinski definition) is 5. The average molecular weight is 410 g/mol. The lowest BCUT2D eigenvalue weighted by Crippen LogP contribution is -2.65. The van der Waals surface area contributed by atoms with E-state index in [1.165, 1.54) is 54.6 Å². The van der Waals surface area contributed by atoms with E-state index in [0.29, 0.717) is 12.0 Å². The molecule has 3 aliphatic heterocycles. The highest BCUT2D eigenvalue weighted by molar-refractivity contribution is 7.22. The third-order valence-corrected chi connectivity index (χ3v) is 8.99. The monoisotopic (exact) mass is 409 g/mol. The van der Waals surface area contributed by atoms with Crippen molar-refractivity contribution in [3.63, 3.8) is 0 Å². The number of carbonyl (C=O) groups is 1. The summed E-state index contributed by atoms with van der Waals surface area (Å²) in [5.41, 5.74) is 2.67. The minimum Gasteiger partial charge on any atom is -0.346 e. The Morgan fingerprint density at radius 2 is 2.11 bits per heavy atom. The first-order valence-electron chi connectivity index (χ1n) is 10.1. The maximum atomic E-state index is 13.2. The van der Waals surface area contributed by atoms with Gasteiger partial charge in [-0.1, -0.05) is 12.1 Å². The van der Waals surface area contributed by atoms with Crippen LogP contribution in [-0.4, -0.2) is 40.5 Å². The summed E-state index contributed by atoms with van der Waals surface area (Å²) in [4.78, 5) is 21.2. The number of aromatic nitrogens is 1. The minimum atomic E-state index is 0.106. The second-order valence-corrected chi connectivity index (χ2v) is 10.4. The summed E-state index contributed by atoms with van der Waals surface area (Å²) < 4.78 is 1.18. The van der Waals surface area contributed by atoms with Crippen LogP contribution in [0.25, 0.3) is 20.7 Å². The third-order valence-electron chi connectivity index (χ3n) is 7.03. The van der Waals surface area contributed by atoms with E-state index in [9.17, 15) is 4.79 Å². The van der Waals surface area contributed by atoms with Gasteiger partial charge in [0.15, 0.2) is 0 Å². The van der Waals surface area contributed by atoms with Crippen LogP contribution in [0.4, 0.5) is 0 Å². The highest BCUT2D eigenvalue weighted by Crippen LogP contribution is 2.53. The molecule has 1 N–H and O–H groups in total. The zero-order chi connectivity index (χ0) is 18.9. The number of nitrogens with zero attached hydrogens (tertiary/aromatic N) is 2. The van der Waals surface area contributed by atoms with E-state index in [1.54, 1.807) is 22.7 Å². The van der Waals surface area contributed by atoms with Gasteiger partial charge < -0.3 is 5.32 Å². The average Bonchev–Trinajstić information content (AvgIpc) is 3.12. The smallest absolute Gasteiger partial charge is 0.261 e. The van der Waals surface area contributed by atoms with E-state index >= 15 is 0 Å². The van der Waals surface area contributed by atoms with Crippen molar-refractivity contribution in [3.8, 4) is 10.6 Å². The van der Waals surface area contributed by atoms with Crippen molar-refractivity contribution < 1.29 is 4.79 Å². The predicted molar refractivity (Wildman–Crippen MR) is 115 cm³/mol. The van der Waals surface area contributed by atoms with Gasteiger partial charge in [0, 0.05) is 27.4 Å². The van der Waals surface area contributed by atoms with Gasteiger partial charge in [0.05, 0.1) is 10.9 Å². The highest BCUT2D eigenvalue weighted by atomic mass is 32.1. The topological polar surface area (TPSA) is 45.2 Å². The van der Waals surface area contributed by atoms with Crippen molar-refractivity contribution in [2.24, 2.45) is 5.92 Å². The van der Waals surface area contributed by atoms with Crippen LogP contribution < -0.4 is 5.32 Å². The fraction of sp³-hybridized carbons (Fsp3) is 0.455. The maximum Gasteiger partial charge on any atom is 0.261 e. The van der Waals surface area contributed by atoms with Gasteiger partial charge in [-0.15, -0.1) is 22.7 Å². The van der Waals surface area contributed by atoms with Gasteiger partial charge in [-0.05, 0) is 68.6 Å². The van der Waals surface area contributed by atoms with Gasteiger partial charge in [-0.3, -0.25) is 9.69 Å². The molecule has 4 aliphatic rings. The van der Waals surface area contributed by atoms with Crippen LogP contribution in [0.2, 0.25) is 0 Å². The third kappa shape index (κ3) is 2.44. The molecule has 0 radical (unpaired) electrons. The molecule has 4 fully saturated rings. The molecule has 1 atom stereocenters. The SMILES string of the molecule is Cc1ccc2cc(C(=O)NC3C4CCN(CC4)C34CC4)sc2c1-c1nccs1. The van der Waals surface area contributed by atoms with Gasteiger partial charge in [-0.2, -0.15) is 0 Å². The van der Waals surface area contributed by atoms with Gasteiger partial charge in [-0.25, -0.2) is 4.98 Å². The fourth-order valence-corrected chi connectivity index (χ4v) is 7.44. The number of amides is 1. The molecular formula is C22H23N3OS2. The number of hydrogen-bond donors (Lipinski definition) is 1. The normalized spacial score (nSPS) is 27.4. The van der Waals surface area contributed by atoms with Gasteiger partial charge in [0.1, 0.15) is 5.01 Å². The second kappa shape index (κ2) is 6.12. The lowest BCUT2D eigenvalue weighted by atomic mass is 9.77. The molecule has 1 spiro atoms. The number of thiophene rings is 1. The Hall–Kier alpha value is -1.76. The summed E-state index contributed by atoms with van der Waals surface area (Å²) in [7, 11) is 0. The number of fused-ring (bicyclic) bond motifs is 3. The molecule has 1 saturated carbocycles. The van der Waals surface area contributed by atoms with Crippen molar-refractivity contribution in [2.75, 3.05) is 13.1 Å². The molecule has 28 heavy (non-hydrogen) atoms. The van der Waals surface area contributed by atoms with Crippen LogP contribution in [0.15, 0.2) is 29.8 Å². The van der Waals surface area contributed by atoms with E-state index in [2.05, 4.69) is 40.3 Å². The number of thiazole rings is 1. The second-order valence-electron chi connectivity index (χ2n) is 8.50. The zero-order valence-electron chi connectivity index (χ0n) is 15.9. The zero-order valence-corrected chi connectivity index (χ0v) is 17.5. The Kier molecular flexibility index (Phi) is 3.74. The predicted octanol–water partition coefficient (Wildman–Crippen LogP) is 4.69. The summed E-state index contributed by atoms with van der Waals surface area (Å²) in [5, 5.41) is 7.65. The van der Waals surface area contributed by atoms with Crippen molar-refractivity contribution in [2.45, 2.75) is 44.2 Å². The van der Waals surface area contributed by atoms with Crippen LogP contribution in [0, 0.1) is 12.8 Å². The van der Waals surface area contributed by atoms with Crippen LogP contribution >= 0.6 is 22.7 Å². The van der Waals surface area contributed by atoms with Crippen molar-refractivity contribution in [3.05, 3.63) is 40.2 Å². The van der Waals surface area contributed by atoms with Crippen molar-refractivity contribution in [1.82, 2.24) is 15.2 Å². The Bertz CT molecular complexity index is 1060. The first-order valence-corrected chi connectivity index (χ1v) is 11.8. The Balaban J connectivity index is 1.34. The molecule has 1 unspecified atom stereocenters. The molecule has 144 valence electrons. The van der Waals surface area contributed by atoms with Crippen molar-refractivity contribution in [1.29, 1.82) is 0 Å². The first kappa shape index (κ1) is 17.1. The molecule has 4 nitrogen and oxygen atoms in total. The fourth-order valence-electron chi connectivity index (χ4n) is 5.46. The van der Waals surface area contributed by atoms with Crippen LogP contribution in [0.3, 0.4) is 0 Å². The largest absolute Gasteiger partial charge is 0.346 e. The highest BCUT2D eigenvalue weighted by Gasteiger charge is 2.60. The molecule has 1 amide bonds. The molecule has 2 bridgehead atoms. The molecule has 3 saturated heterocycles. The Morgan fingerprint density at radius 3 is 2.82 bits per heavy atom. The number of carbonyl (C=O) groups excluding carboxylic acids is 1. The number of rotatable bonds is 3. The van der Waals surface area contributed by atoms with E-state index in [-0.39, 0.29) is 11.4 Å². The van der Waals surface area contributed by atoms with E-state index in [1.807, 2.05) is 11.6 Å². The summed E-state index contributed by atoms with van der Waals surface area (Å²) in [6, 6.07) is 6.66. The molecule has 6 heteroatoms.